The van der Waals surface area contributed by atoms with Crippen molar-refractivity contribution in [2.24, 2.45) is 0 Å². The summed E-state index contributed by atoms with van der Waals surface area (Å²) >= 11 is 6.32. The SMILES string of the molecule is CCCc1nn(-c2ccccc2Cl)c(C)c1C(=O)N1CCOCC1. The predicted octanol–water partition coefficient (Wildman–Crippen LogP) is 3.26. The molecule has 6 heteroatoms. The fourth-order valence-electron chi connectivity index (χ4n) is 3.03. The molecule has 0 radical (unpaired) electrons. The fourth-order valence-corrected chi connectivity index (χ4v) is 3.25. The zero-order valence-electron chi connectivity index (χ0n) is 14.1. The van der Waals surface area contributed by atoms with Crippen LogP contribution in [-0.2, 0) is 11.2 Å². The summed E-state index contributed by atoms with van der Waals surface area (Å²) < 4.78 is 7.14. The van der Waals surface area contributed by atoms with Crippen LogP contribution >= 0.6 is 11.6 Å². The molecule has 0 saturated carbocycles. The van der Waals surface area contributed by atoms with Gasteiger partial charge in [-0.2, -0.15) is 5.10 Å². The molecule has 24 heavy (non-hydrogen) atoms. The molecular weight excluding hydrogens is 326 g/mol. The first kappa shape index (κ1) is 17.0. The minimum absolute atomic E-state index is 0.0394. The van der Waals surface area contributed by atoms with Crippen molar-refractivity contribution >= 4 is 17.5 Å². The van der Waals surface area contributed by atoms with Crippen molar-refractivity contribution in [3.63, 3.8) is 0 Å². The average Bonchev–Trinajstić information content (AvgIpc) is 2.92. The Morgan fingerprint density at radius 2 is 2.00 bits per heavy atom. The number of nitrogens with zero attached hydrogens (tertiary/aromatic N) is 3. The summed E-state index contributed by atoms with van der Waals surface area (Å²) in [4.78, 5) is 14.9. The lowest BCUT2D eigenvalue weighted by atomic mass is 10.1. The third-order valence-electron chi connectivity index (χ3n) is 4.27. The molecule has 2 heterocycles. The van der Waals surface area contributed by atoms with Crippen LogP contribution in [0.1, 0.15) is 35.1 Å². The molecule has 1 aliphatic heterocycles. The molecule has 1 saturated heterocycles. The maximum Gasteiger partial charge on any atom is 0.257 e. The number of hydrogen-bond donors (Lipinski definition) is 0. The van der Waals surface area contributed by atoms with Crippen molar-refractivity contribution in [1.29, 1.82) is 0 Å². The van der Waals surface area contributed by atoms with Gasteiger partial charge in [0.2, 0.25) is 0 Å². The third kappa shape index (κ3) is 3.19. The van der Waals surface area contributed by atoms with Crippen LogP contribution in [0.4, 0.5) is 0 Å². The molecule has 1 aromatic carbocycles. The number of aryl methyl sites for hydroxylation is 1. The summed E-state index contributed by atoms with van der Waals surface area (Å²) in [6.07, 6.45) is 1.70. The first-order valence-electron chi connectivity index (χ1n) is 8.34. The summed E-state index contributed by atoms with van der Waals surface area (Å²) in [5, 5.41) is 5.32. The Balaban J connectivity index is 2.04. The lowest BCUT2D eigenvalue weighted by Gasteiger charge is -2.27. The highest BCUT2D eigenvalue weighted by molar-refractivity contribution is 6.32. The monoisotopic (exact) mass is 347 g/mol. The zero-order valence-corrected chi connectivity index (χ0v) is 14.8. The second kappa shape index (κ2) is 7.36. The quantitative estimate of drug-likeness (QED) is 0.852. The average molecular weight is 348 g/mol. The van der Waals surface area contributed by atoms with Crippen LogP contribution in [0.15, 0.2) is 24.3 Å². The topological polar surface area (TPSA) is 47.4 Å². The number of rotatable bonds is 4. The van der Waals surface area contributed by atoms with E-state index >= 15 is 0 Å². The normalized spacial score (nSPS) is 14.9. The van der Waals surface area contributed by atoms with Gasteiger partial charge in [0, 0.05) is 13.1 Å². The number of amides is 1. The standard InChI is InChI=1S/C18H22ClN3O2/c1-3-6-15-17(18(23)21-9-11-24-12-10-21)13(2)22(20-15)16-8-5-4-7-14(16)19/h4-5,7-8H,3,6,9-12H2,1-2H3. The molecule has 0 spiro atoms. The molecule has 0 atom stereocenters. The summed E-state index contributed by atoms with van der Waals surface area (Å²) in [6, 6.07) is 7.56. The van der Waals surface area contributed by atoms with Crippen molar-refractivity contribution in [3.8, 4) is 5.69 Å². The molecule has 3 rings (SSSR count). The van der Waals surface area contributed by atoms with E-state index in [1.807, 2.05) is 36.1 Å². The Morgan fingerprint density at radius 3 is 2.67 bits per heavy atom. The maximum absolute atomic E-state index is 13.0. The Labute approximate surface area is 147 Å². The molecular formula is C18H22ClN3O2. The molecule has 0 unspecified atom stereocenters. The van der Waals surface area contributed by atoms with Gasteiger partial charge in [0.15, 0.2) is 0 Å². The minimum atomic E-state index is 0.0394. The van der Waals surface area contributed by atoms with Crippen molar-refractivity contribution in [2.45, 2.75) is 26.7 Å². The molecule has 1 aliphatic rings. The Morgan fingerprint density at radius 1 is 1.29 bits per heavy atom. The Kier molecular flexibility index (Phi) is 5.21. The van der Waals surface area contributed by atoms with Gasteiger partial charge >= 0.3 is 0 Å². The van der Waals surface area contributed by atoms with E-state index in [2.05, 4.69) is 6.92 Å². The fraction of sp³-hybridized carbons (Fsp3) is 0.444. The van der Waals surface area contributed by atoms with E-state index in [1.54, 1.807) is 4.68 Å². The molecule has 2 aromatic rings. The van der Waals surface area contributed by atoms with Crippen LogP contribution in [-0.4, -0.2) is 46.9 Å². The van der Waals surface area contributed by atoms with Crippen LogP contribution in [0.5, 0.6) is 0 Å². The molecule has 1 aromatic heterocycles. The number of ether oxygens (including phenoxy) is 1. The number of morpholine rings is 1. The lowest BCUT2D eigenvalue weighted by Crippen LogP contribution is -2.41. The molecule has 5 nitrogen and oxygen atoms in total. The summed E-state index contributed by atoms with van der Waals surface area (Å²) in [5.74, 6) is 0.0394. The number of carbonyl (C=O) groups excluding carboxylic acids is 1. The number of para-hydroxylation sites is 1. The van der Waals surface area contributed by atoms with Gasteiger partial charge in [-0.1, -0.05) is 37.1 Å². The van der Waals surface area contributed by atoms with E-state index in [9.17, 15) is 4.79 Å². The molecule has 0 aliphatic carbocycles. The Hall–Kier alpha value is -1.85. The first-order valence-corrected chi connectivity index (χ1v) is 8.71. The van der Waals surface area contributed by atoms with E-state index in [1.165, 1.54) is 0 Å². The lowest BCUT2D eigenvalue weighted by molar-refractivity contribution is 0.0301. The molecule has 0 N–H and O–H groups in total. The Bertz CT molecular complexity index is 736. The number of carbonyl (C=O) groups is 1. The van der Waals surface area contributed by atoms with E-state index in [4.69, 9.17) is 21.4 Å². The van der Waals surface area contributed by atoms with E-state index < -0.39 is 0 Å². The minimum Gasteiger partial charge on any atom is -0.378 e. The predicted molar refractivity (Wildman–Crippen MR) is 94.0 cm³/mol. The van der Waals surface area contributed by atoms with Crippen LogP contribution in [0.2, 0.25) is 5.02 Å². The summed E-state index contributed by atoms with van der Waals surface area (Å²) in [7, 11) is 0. The number of halogens is 1. The van der Waals surface area contributed by atoms with Crippen molar-refractivity contribution in [3.05, 3.63) is 46.2 Å². The summed E-state index contributed by atoms with van der Waals surface area (Å²) in [6.45, 7) is 6.46. The highest BCUT2D eigenvalue weighted by Crippen LogP contribution is 2.25. The van der Waals surface area contributed by atoms with Gasteiger partial charge in [-0.05, 0) is 25.5 Å². The van der Waals surface area contributed by atoms with Gasteiger partial charge in [-0.3, -0.25) is 4.79 Å². The van der Waals surface area contributed by atoms with Gasteiger partial charge < -0.3 is 9.64 Å². The number of benzene rings is 1. The van der Waals surface area contributed by atoms with E-state index in [0.29, 0.717) is 36.9 Å². The van der Waals surface area contributed by atoms with Gasteiger partial charge in [-0.15, -0.1) is 0 Å². The van der Waals surface area contributed by atoms with Crippen LogP contribution in [0.3, 0.4) is 0 Å². The summed E-state index contributed by atoms with van der Waals surface area (Å²) in [5.41, 5.74) is 3.18. The van der Waals surface area contributed by atoms with E-state index in [-0.39, 0.29) is 5.91 Å². The van der Waals surface area contributed by atoms with Gasteiger partial charge in [0.1, 0.15) is 0 Å². The maximum atomic E-state index is 13.0. The second-order valence-electron chi connectivity index (χ2n) is 5.92. The van der Waals surface area contributed by atoms with Crippen molar-refractivity contribution in [2.75, 3.05) is 26.3 Å². The second-order valence-corrected chi connectivity index (χ2v) is 6.33. The van der Waals surface area contributed by atoms with Crippen molar-refractivity contribution < 1.29 is 9.53 Å². The molecule has 1 amide bonds. The zero-order chi connectivity index (χ0) is 17.1. The first-order chi connectivity index (χ1) is 11.6. The largest absolute Gasteiger partial charge is 0.378 e. The molecule has 0 bridgehead atoms. The van der Waals surface area contributed by atoms with Crippen LogP contribution in [0.25, 0.3) is 5.69 Å². The van der Waals surface area contributed by atoms with Gasteiger partial charge in [0.25, 0.3) is 5.91 Å². The molecule has 128 valence electrons. The molecule has 1 fully saturated rings. The van der Waals surface area contributed by atoms with Crippen molar-refractivity contribution in [1.82, 2.24) is 14.7 Å². The highest BCUT2D eigenvalue weighted by Gasteiger charge is 2.27. The van der Waals surface area contributed by atoms with Gasteiger partial charge in [-0.25, -0.2) is 4.68 Å². The van der Waals surface area contributed by atoms with Crippen LogP contribution in [0, 0.1) is 6.92 Å². The number of aromatic nitrogens is 2. The highest BCUT2D eigenvalue weighted by atomic mass is 35.5. The van der Waals surface area contributed by atoms with Crippen LogP contribution < -0.4 is 0 Å². The smallest absolute Gasteiger partial charge is 0.257 e. The number of hydrogen-bond acceptors (Lipinski definition) is 3. The van der Waals surface area contributed by atoms with Gasteiger partial charge in [0.05, 0.1) is 40.9 Å². The third-order valence-corrected chi connectivity index (χ3v) is 4.59. The van der Waals surface area contributed by atoms with E-state index in [0.717, 1.165) is 29.9 Å².